The Morgan fingerprint density at radius 3 is 2.94 bits per heavy atom. The van der Waals surface area contributed by atoms with E-state index in [-0.39, 0.29) is 0 Å². The molecule has 0 fully saturated rings. The van der Waals surface area contributed by atoms with Crippen LogP contribution in [0.1, 0.15) is 5.56 Å². The zero-order valence-electron chi connectivity index (χ0n) is 8.56. The summed E-state index contributed by atoms with van der Waals surface area (Å²) < 4.78 is 5.56. The molecule has 1 heterocycles. The fourth-order valence-electron chi connectivity index (χ4n) is 1.29. The number of pyridine rings is 1. The maximum absolute atomic E-state index is 5.95. The largest absolute Gasteiger partial charge is 0.489 e. The Morgan fingerprint density at radius 2 is 2.19 bits per heavy atom. The van der Waals surface area contributed by atoms with Crippen LogP contribution in [0.25, 0.3) is 0 Å². The third-order valence-corrected chi connectivity index (χ3v) is 2.45. The fourth-order valence-corrected chi connectivity index (χ4v) is 1.46. The summed E-state index contributed by atoms with van der Waals surface area (Å²) in [6.07, 6.45) is 3.28. The van der Waals surface area contributed by atoms with Crippen LogP contribution in [0.2, 0.25) is 5.02 Å². The predicted molar refractivity (Wildman–Crippen MR) is 64.4 cm³/mol. The summed E-state index contributed by atoms with van der Waals surface area (Å²) in [7, 11) is 0. The second-order valence-electron chi connectivity index (χ2n) is 3.33. The second kappa shape index (κ2) is 4.86. The predicted octanol–water partition coefficient (Wildman–Crippen LogP) is 2.90. The van der Waals surface area contributed by atoms with E-state index in [1.54, 1.807) is 18.5 Å². The van der Waals surface area contributed by atoms with Crippen LogP contribution in [0.4, 0.5) is 5.69 Å². The Labute approximate surface area is 98.8 Å². The van der Waals surface area contributed by atoms with E-state index in [1.807, 2.05) is 24.3 Å². The molecule has 82 valence electrons. The standard InChI is InChI=1S/C12H11ClN2O/c13-12-7-15-5-4-9(12)8-16-11-3-1-2-10(14)6-11/h1-7H,8,14H2. The molecule has 0 atom stereocenters. The van der Waals surface area contributed by atoms with Gasteiger partial charge in [0, 0.05) is 29.7 Å². The first-order chi connectivity index (χ1) is 7.75. The number of aromatic nitrogens is 1. The van der Waals surface area contributed by atoms with Gasteiger partial charge in [0.25, 0.3) is 0 Å². The first kappa shape index (κ1) is 10.8. The van der Waals surface area contributed by atoms with Crippen LogP contribution in [0.5, 0.6) is 5.75 Å². The molecule has 0 aliphatic rings. The van der Waals surface area contributed by atoms with Crippen molar-refractivity contribution in [3.63, 3.8) is 0 Å². The number of nitrogens with zero attached hydrogens (tertiary/aromatic N) is 1. The van der Waals surface area contributed by atoms with E-state index >= 15 is 0 Å². The number of hydrogen-bond donors (Lipinski definition) is 1. The summed E-state index contributed by atoms with van der Waals surface area (Å²) in [5.74, 6) is 0.730. The van der Waals surface area contributed by atoms with E-state index in [2.05, 4.69) is 4.98 Å². The number of nitrogen functional groups attached to an aromatic ring is 1. The Kier molecular flexibility index (Phi) is 3.27. The molecule has 2 N–H and O–H groups in total. The van der Waals surface area contributed by atoms with E-state index in [1.165, 1.54) is 0 Å². The lowest BCUT2D eigenvalue weighted by molar-refractivity contribution is 0.306. The summed E-state index contributed by atoms with van der Waals surface area (Å²) in [4.78, 5) is 3.91. The van der Waals surface area contributed by atoms with Crippen LogP contribution in [0.3, 0.4) is 0 Å². The average molecular weight is 235 g/mol. The number of ether oxygens (including phenoxy) is 1. The van der Waals surface area contributed by atoms with Crippen molar-refractivity contribution < 1.29 is 4.74 Å². The van der Waals surface area contributed by atoms with Crippen LogP contribution in [0, 0.1) is 0 Å². The smallest absolute Gasteiger partial charge is 0.121 e. The minimum atomic E-state index is 0.408. The lowest BCUT2D eigenvalue weighted by Crippen LogP contribution is -1.97. The molecule has 0 aliphatic heterocycles. The maximum Gasteiger partial charge on any atom is 0.121 e. The molecule has 2 rings (SSSR count). The maximum atomic E-state index is 5.95. The van der Waals surface area contributed by atoms with Gasteiger partial charge in [-0.25, -0.2) is 0 Å². The summed E-state index contributed by atoms with van der Waals surface area (Å²) >= 11 is 5.95. The molecule has 1 aromatic carbocycles. The first-order valence-corrected chi connectivity index (χ1v) is 5.20. The highest BCUT2D eigenvalue weighted by atomic mass is 35.5. The van der Waals surface area contributed by atoms with E-state index in [4.69, 9.17) is 22.1 Å². The molecule has 3 nitrogen and oxygen atoms in total. The molecule has 16 heavy (non-hydrogen) atoms. The minimum absolute atomic E-state index is 0.408. The molecule has 1 aromatic heterocycles. The molecule has 0 unspecified atom stereocenters. The lowest BCUT2D eigenvalue weighted by Gasteiger charge is -2.07. The van der Waals surface area contributed by atoms with E-state index in [0.717, 1.165) is 11.3 Å². The third kappa shape index (κ3) is 2.64. The van der Waals surface area contributed by atoms with Gasteiger partial charge in [0.15, 0.2) is 0 Å². The molecule has 2 aromatic rings. The Hall–Kier alpha value is -1.74. The normalized spacial score (nSPS) is 10.1. The van der Waals surface area contributed by atoms with E-state index in [0.29, 0.717) is 17.3 Å². The van der Waals surface area contributed by atoms with Gasteiger partial charge in [0.1, 0.15) is 12.4 Å². The number of rotatable bonds is 3. The second-order valence-corrected chi connectivity index (χ2v) is 3.74. The van der Waals surface area contributed by atoms with Gasteiger partial charge in [-0.05, 0) is 18.2 Å². The Balaban J connectivity index is 2.05. The van der Waals surface area contributed by atoms with Gasteiger partial charge in [-0.3, -0.25) is 4.98 Å². The number of hydrogen-bond acceptors (Lipinski definition) is 3. The van der Waals surface area contributed by atoms with Crippen molar-refractivity contribution in [1.82, 2.24) is 4.98 Å². The molecule has 0 spiro atoms. The number of benzene rings is 1. The molecule has 0 saturated carbocycles. The summed E-state index contributed by atoms with van der Waals surface area (Å²) in [6.45, 7) is 0.408. The summed E-state index contributed by atoms with van der Waals surface area (Å²) in [6, 6.07) is 9.11. The molecular weight excluding hydrogens is 224 g/mol. The average Bonchev–Trinajstić information content (AvgIpc) is 2.28. The highest BCUT2D eigenvalue weighted by Gasteiger charge is 2.00. The number of nitrogens with two attached hydrogens (primary N) is 1. The van der Waals surface area contributed by atoms with Crippen molar-refractivity contribution in [1.29, 1.82) is 0 Å². The zero-order valence-corrected chi connectivity index (χ0v) is 9.32. The SMILES string of the molecule is Nc1cccc(OCc2ccncc2Cl)c1. The molecular formula is C12H11ClN2O. The van der Waals surface area contributed by atoms with Crippen LogP contribution >= 0.6 is 11.6 Å². The third-order valence-electron chi connectivity index (χ3n) is 2.11. The first-order valence-electron chi connectivity index (χ1n) is 4.82. The van der Waals surface area contributed by atoms with Gasteiger partial charge < -0.3 is 10.5 Å². The quantitative estimate of drug-likeness (QED) is 0.831. The van der Waals surface area contributed by atoms with Crippen molar-refractivity contribution in [2.45, 2.75) is 6.61 Å². The molecule has 0 radical (unpaired) electrons. The van der Waals surface area contributed by atoms with Crippen LogP contribution < -0.4 is 10.5 Å². The lowest BCUT2D eigenvalue weighted by atomic mass is 10.3. The zero-order chi connectivity index (χ0) is 11.4. The topological polar surface area (TPSA) is 48.1 Å². The van der Waals surface area contributed by atoms with Gasteiger partial charge >= 0.3 is 0 Å². The van der Waals surface area contributed by atoms with Crippen LogP contribution in [-0.4, -0.2) is 4.98 Å². The molecule has 0 saturated heterocycles. The Morgan fingerprint density at radius 1 is 1.31 bits per heavy atom. The van der Waals surface area contributed by atoms with Gasteiger partial charge in [-0.2, -0.15) is 0 Å². The van der Waals surface area contributed by atoms with Crippen LogP contribution in [-0.2, 0) is 6.61 Å². The Bertz CT molecular complexity index is 488. The monoisotopic (exact) mass is 234 g/mol. The number of halogens is 1. The fraction of sp³-hybridized carbons (Fsp3) is 0.0833. The van der Waals surface area contributed by atoms with Crippen molar-refractivity contribution in [2.75, 3.05) is 5.73 Å². The van der Waals surface area contributed by atoms with Gasteiger partial charge in [-0.1, -0.05) is 17.7 Å². The molecule has 0 bridgehead atoms. The molecule has 4 heteroatoms. The van der Waals surface area contributed by atoms with Gasteiger partial charge in [0.05, 0.1) is 5.02 Å². The number of anilines is 1. The molecule has 0 aliphatic carbocycles. The summed E-state index contributed by atoms with van der Waals surface area (Å²) in [5.41, 5.74) is 7.22. The summed E-state index contributed by atoms with van der Waals surface area (Å²) in [5, 5.41) is 0.603. The van der Waals surface area contributed by atoms with Crippen molar-refractivity contribution >= 4 is 17.3 Å². The van der Waals surface area contributed by atoms with Gasteiger partial charge in [0.2, 0.25) is 0 Å². The van der Waals surface area contributed by atoms with Crippen LogP contribution in [0.15, 0.2) is 42.7 Å². The highest BCUT2D eigenvalue weighted by Crippen LogP contribution is 2.19. The van der Waals surface area contributed by atoms with E-state index < -0.39 is 0 Å². The van der Waals surface area contributed by atoms with E-state index in [9.17, 15) is 0 Å². The minimum Gasteiger partial charge on any atom is -0.489 e. The highest BCUT2D eigenvalue weighted by molar-refractivity contribution is 6.31. The van der Waals surface area contributed by atoms with Gasteiger partial charge in [-0.15, -0.1) is 0 Å². The van der Waals surface area contributed by atoms with Crippen molar-refractivity contribution in [2.24, 2.45) is 0 Å². The molecule has 0 amide bonds. The van der Waals surface area contributed by atoms with Crippen molar-refractivity contribution in [3.8, 4) is 5.75 Å². The van der Waals surface area contributed by atoms with Crippen molar-refractivity contribution in [3.05, 3.63) is 53.3 Å².